The number of benzene rings is 1. The summed E-state index contributed by atoms with van der Waals surface area (Å²) in [5, 5.41) is 2.73. The zero-order chi connectivity index (χ0) is 15.4. The second-order valence-electron chi connectivity index (χ2n) is 4.87. The minimum Gasteiger partial charge on any atom is -0.497 e. The van der Waals surface area contributed by atoms with Crippen molar-refractivity contribution >= 4 is 17.5 Å². The topological polar surface area (TPSA) is 67.9 Å². The Balaban J connectivity index is 2.35. The molecule has 1 atom stereocenters. The number of amides is 2. The molecule has 0 saturated carbocycles. The minimum atomic E-state index is -0.469. The molecular weight excluding hydrogens is 272 g/mol. The van der Waals surface area contributed by atoms with E-state index in [-0.39, 0.29) is 18.4 Å². The van der Waals surface area contributed by atoms with Gasteiger partial charge in [0.05, 0.1) is 19.9 Å². The molecule has 2 rings (SSSR count). The van der Waals surface area contributed by atoms with E-state index in [0.29, 0.717) is 23.6 Å². The van der Waals surface area contributed by atoms with E-state index in [2.05, 4.69) is 5.32 Å². The van der Waals surface area contributed by atoms with Crippen molar-refractivity contribution in [1.29, 1.82) is 0 Å². The van der Waals surface area contributed by atoms with Gasteiger partial charge < -0.3 is 14.8 Å². The summed E-state index contributed by atoms with van der Waals surface area (Å²) in [4.78, 5) is 25.8. The largest absolute Gasteiger partial charge is 0.497 e. The third kappa shape index (κ3) is 3.09. The zero-order valence-corrected chi connectivity index (χ0v) is 12.5. The number of methoxy groups -OCH3 is 2. The lowest BCUT2D eigenvalue weighted by Crippen LogP contribution is -2.58. The summed E-state index contributed by atoms with van der Waals surface area (Å²) in [7, 11) is 3.08. The fourth-order valence-electron chi connectivity index (χ4n) is 2.41. The molecule has 1 aromatic carbocycles. The van der Waals surface area contributed by atoms with Crippen LogP contribution in [0.25, 0.3) is 0 Å². The van der Waals surface area contributed by atoms with Crippen LogP contribution in [0.3, 0.4) is 0 Å². The lowest BCUT2D eigenvalue weighted by atomic mass is 10.1. The summed E-state index contributed by atoms with van der Waals surface area (Å²) in [6, 6.07) is 4.70. The first-order valence-corrected chi connectivity index (χ1v) is 6.93. The van der Waals surface area contributed by atoms with Crippen LogP contribution in [0.5, 0.6) is 11.5 Å². The van der Waals surface area contributed by atoms with E-state index < -0.39 is 6.04 Å². The zero-order valence-electron chi connectivity index (χ0n) is 12.5. The second kappa shape index (κ2) is 6.47. The first kappa shape index (κ1) is 15.2. The maximum absolute atomic E-state index is 12.5. The predicted octanol–water partition coefficient (Wildman–Crippen LogP) is 1.34. The highest BCUT2D eigenvalue weighted by molar-refractivity contribution is 6.07. The van der Waals surface area contributed by atoms with Crippen molar-refractivity contribution in [1.82, 2.24) is 5.32 Å². The Morgan fingerprint density at radius 2 is 2.05 bits per heavy atom. The van der Waals surface area contributed by atoms with Gasteiger partial charge in [0.1, 0.15) is 24.1 Å². The molecule has 0 radical (unpaired) electrons. The lowest BCUT2D eigenvalue weighted by molar-refractivity contribution is -0.131. The van der Waals surface area contributed by atoms with Crippen LogP contribution >= 0.6 is 0 Å². The van der Waals surface area contributed by atoms with Gasteiger partial charge >= 0.3 is 0 Å². The third-order valence-electron chi connectivity index (χ3n) is 3.46. The quantitative estimate of drug-likeness (QED) is 0.889. The molecule has 1 aliphatic rings. The number of carbonyl (C=O) groups is 2. The molecule has 1 aliphatic heterocycles. The van der Waals surface area contributed by atoms with Crippen LogP contribution in [0, 0.1) is 0 Å². The maximum Gasteiger partial charge on any atom is 0.250 e. The van der Waals surface area contributed by atoms with Gasteiger partial charge in [0.2, 0.25) is 11.8 Å². The average Bonchev–Trinajstić information content (AvgIpc) is 2.50. The highest BCUT2D eigenvalue weighted by Gasteiger charge is 2.34. The Kier molecular flexibility index (Phi) is 4.67. The smallest absolute Gasteiger partial charge is 0.250 e. The fraction of sp³-hybridized carbons (Fsp3) is 0.467. The lowest BCUT2D eigenvalue weighted by Gasteiger charge is -2.33. The average molecular weight is 292 g/mol. The predicted molar refractivity (Wildman–Crippen MR) is 78.7 cm³/mol. The van der Waals surface area contributed by atoms with Gasteiger partial charge in [-0.3, -0.25) is 14.5 Å². The molecule has 1 fully saturated rings. The van der Waals surface area contributed by atoms with Crippen molar-refractivity contribution in [2.45, 2.75) is 25.8 Å². The van der Waals surface area contributed by atoms with Crippen LogP contribution in [-0.2, 0) is 9.59 Å². The van der Waals surface area contributed by atoms with E-state index in [0.717, 1.165) is 6.42 Å². The molecule has 6 heteroatoms. The van der Waals surface area contributed by atoms with E-state index in [4.69, 9.17) is 9.47 Å². The van der Waals surface area contributed by atoms with Crippen LogP contribution < -0.4 is 19.7 Å². The Morgan fingerprint density at radius 3 is 2.67 bits per heavy atom. The highest BCUT2D eigenvalue weighted by Crippen LogP contribution is 2.33. The first-order chi connectivity index (χ1) is 10.1. The number of hydrogen-bond acceptors (Lipinski definition) is 4. The molecule has 2 amide bonds. The molecule has 0 aliphatic carbocycles. The number of nitrogens with one attached hydrogen (secondary N) is 1. The van der Waals surface area contributed by atoms with Gasteiger partial charge in [0, 0.05) is 6.07 Å². The van der Waals surface area contributed by atoms with Gasteiger partial charge in [-0.2, -0.15) is 0 Å². The summed E-state index contributed by atoms with van der Waals surface area (Å²) >= 11 is 0. The number of anilines is 1. The number of piperazine rings is 1. The number of nitrogens with zero attached hydrogens (tertiary/aromatic N) is 1. The molecule has 21 heavy (non-hydrogen) atoms. The monoisotopic (exact) mass is 292 g/mol. The van der Waals surface area contributed by atoms with Crippen molar-refractivity contribution < 1.29 is 19.1 Å². The van der Waals surface area contributed by atoms with Crippen molar-refractivity contribution in [2.24, 2.45) is 0 Å². The number of ether oxygens (including phenoxy) is 2. The molecule has 0 spiro atoms. The SMILES string of the molecule is CCCC1NC(=O)CN(c2ccc(OC)cc2OC)C1=O. The first-order valence-electron chi connectivity index (χ1n) is 6.93. The van der Waals surface area contributed by atoms with Gasteiger partial charge in [0.25, 0.3) is 0 Å². The van der Waals surface area contributed by atoms with Crippen LogP contribution in [0.1, 0.15) is 19.8 Å². The van der Waals surface area contributed by atoms with E-state index in [1.165, 1.54) is 12.0 Å². The molecule has 1 heterocycles. The van der Waals surface area contributed by atoms with Crippen LogP contribution in [-0.4, -0.2) is 38.6 Å². The van der Waals surface area contributed by atoms with Gasteiger partial charge in [-0.05, 0) is 18.6 Å². The Hall–Kier alpha value is -2.24. The Morgan fingerprint density at radius 1 is 1.29 bits per heavy atom. The molecular formula is C15H20N2O4. The summed E-state index contributed by atoms with van der Waals surface area (Å²) in [6.45, 7) is 1.98. The molecule has 1 saturated heterocycles. The van der Waals surface area contributed by atoms with Crippen molar-refractivity contribution in [2.75, 3.05) is 25.7 Å². The fourth-order valence-corrected chi connectivity index (χ4v) is 2.41. The Labute approximate surface area is 124 Å². The van der Waals surface area contributed by atoms with E-state index in [1.54, 1.807) is 25.3 Å². The van der Waals surface area contributed by atoms with Gasteiger partial charge in [-0.15, -0.1) is 0 Å². The van der Waals surface area contributed by atoms with Gasteiger partial charge in [-0.1, -0.05) is 13.3 Å². The molecule has 114 valence electrons. The van der Waals surface area contributed by atoms with Crippen molar-refractivity contribution in [3.63, 3.8) is 0 Å². The standard InChI is InChI=1S/C15H20N2O4/c1-4-5-11-15(19)17(9-14(18)16-11)12-7-6-10(20-2)8-13(12)21-3/h6-8,11H,4-5,9H2,1-3H3,(H,16,18). The van der Waals surface area contributed by atoms with Crippen LogP contribution in [0.15, 0.2) is 18.2 Å². The molecule has 1 N–H and O–H groups in total. The highest BCUT2D eigenvalue weighted by atomic mass is 16.5. The van der Waals surface area contributed by atoms with E-state index >= 15 is 0 Å². The number of carbonyl (C=O) groups excluding carboxylic acids is 2. The summed E-state index contributed by atoms with van der Waals surface area (Å²) in [5.74, 6) is 0.869. The molecule has 0 bridgehead atoms. The maximum atomic E-state index is 12.5. The summed E-state index contributed by atoms with van der Waals surface area (Å²) in [5.41, 5.74) is 0.583. The third-order valence-corrected chi connectivity index (χ3v) is 3.46. The number of rotatable bonds is 5. The minimum absolute atomic E-state index is 0.00172. The molecule has 1 unspecified atom stereocenters. The molecule has 0 aromatic heterocycles. The van der Waals surface area contributed by atoms with Gasteiger partial charge in [0.15, 0.2) is 0 Å². The normalized spacial score (nSPS) is 18.4. The molecule has 1 aromatic rings. The van der Waals surface area contributed by atoms with Gasteiger partial charge in [-0.25, -0.2) is 0 Å². The van der Waals surface area contributed by atoms with E-state index in [1.807, 2.05) is 6.92 Å². The van der Waals surface area contributed by atoms with Crippen LogP contribution in [0.4, 0.5) is 5.69 Å². The second-order valence-corrected chi connectivity index (χ2v) is 4.87. The van der Waals surface area contributed by atoms with Crippen molar-refractivity contribution in [3.05, 3.63) is 18.2 Å². The van der Waals surface area contributed by atoms with E-state index in [9.17, 15) is 9.59 Å². The number of hydrogen-bond donors (Lipinski definition) is 1. The Bertz CT molecular complexity index is 544. The van der Waals surface area contributed by atoms with Crippen LogP contribution in [0.2, 0.25) is 0 Å². The van der Waals surface area contributed by atoms with Crippen molar-refractivity contribution in [3.8, 4) is 11.5 Å². The molecule has 6 nitrogen and oxygen atoms in total. The summed E-state index contributed by atoms with van der Waals surface area (Å²) < 4.78 is 10.5. The summed E-state index contributed by atoms with van der Waals surface area (Å²) in [6.07, 6.45) is 1.45.